The summed E-state index contributed by atoms with van der Waals surface area (Å²) in [7, 11) is 0. The molecule has 1 aromatic carbocycles. The Kier molecular flexibility index (Phi) is 4.09. The van der Waals surface area contributed by atoms with Crippen LogP contribution >= 0.6 is 15.9 Å². The fraction of sp³-hybridized carbons (Fsp3) is 0.385. The molecular formula is C13H15BrN2O3. The van der Waals surface area contributed by atoms with Crippen LogP contribution in [0.25, 0.3) is 0 Å². The summed E-state index contributed by atoms with van der Waals surface area (Å²) in [6, 6.07) is 4.78. The van der Waals surface area contributed by atoms with Crippen molar-refractivity contribution in [3.63, 3.8) is 0 Å². The van der Waals surface area contributed by atoms with E-state index in [9.17, 15) is 9.59 Å². The van der Waals surface area contributed by atoms with Crippen LogP contribution in [0.1, 0.15) is 30.1 Å². The molecule has 0 radical (unpaired) electrons. The number of nitrogens with one attached hydrogen (secondary N) is 1. The quantitative estimate of drug-likeness (QED) is 0.892. The highest BCUT2D eigenvalue weighted by atomic mass is 79.9. The molecule has 0 heterocycles. The highest BCUT2D eigenvalue weighted by Gasteiger charge is 2.31. The van der Waals surface area contributed by atoms with Gasteiger partial charge in [0.1, 0.15) is 0 Å². The number of hydrogen-bond acceptors (Lipinski definition) is 2. The van der Waals surface area contributed by atoms with Gasteiger partial charge in [0, 0.05) is 22.7 Å². The van der Waals surface area contributed by atoms with Crippen LogP contribution in [0, 0.1) is 0 Å². The van der Waals surface area contributed by atoms with E-state index in [0.717, 1.165) is 12.8 Å². The molecule has 0 aromatic heterocycles. The van der Waals surface area contributed by atoms with Gasteiger partial charge in [-0.2, -0.15) is 0 Å². The first kappa shape index (κ1) is 13.9. The number of carboxylic acid groups (broad SMARTS) is 1. The summed E-state index contributed by atoms with van der Waals surface area (Å²) in [5.74, 6) is -1.02. The minimum atomic E-state index is -1.02. The SMILES string of the molecule is CCN(C(=O)Nc1cc(Br)cc(C(=O)O)c1)C1CC1. The van der Waals surface area contributed by atoms with Crippen LogP contribution in [0.5, 0.6) is 0 Å². The van der Waals surface area contributed by atoms with Crippen LogP contribution in [-0.2, 0) is 0 Å². The highest BCUT2D eigenvalue weighted by Crippen LogP contribution is 2.27. The van der Waals surface area contributed by atoms with E-state index in [0.29, 0.717) is 22.7 Å². The van der Waals surface area contributed by atoms with Gasteiger partial charge in [-0.05, 0) is 38.0 Å². The highest BCUT2D eigenvalue weighted by molar-refractivity contribution is 9.10. The molecule has 19 heavy (non-hydrogen) atoms. The Morgan fingerprint density at radius 2 is 2.11 bits per heavy atom. The molecule has 102 valence electrons. The first-order valence-electron chi connectivity index (χ1n) is 6.12. The Morgan fingerprint density at radius 1 is 1.42 bits per heavy atom. The number of carboxylic acids is 1. The summed E-state index contributed by atoms with van der Waals surface area (Å²) in [5, 5.41) is 11.7. The molecule has 5 nitrogen and oxygen atoms in total. The van der Waals surface area contributed by atoms with Gasteiger partial charge >= 0.3 is 12.0 Å². The third kappa shape index (κ3) is 3.47. The topological polar surface area (TPSA) is 69.6 Å². The number of benzene rings is 1. The van der Waals surface area contributed by atoms with E-state index in [4.69, 9.17) is 5.11 Å². The van der Waals surface area contributed by atoms with Crippen LogP contribution in [-0.4, -0.2) is 34.6 Å². The summed E-state index contributed by atoms with van der Waals surface area (Å²) in [5.41, 5.74) is 0.620. The first-order valence-corrected chi connectivity index (χ1v) is 6.92. The Balaban J connectivity index is 2.13. The van der Waals surface area contributed by atoms with Crippen molar-refractivity contribution in [2.24, 2.45) is 0 Å². The number of halogens is 1. The lowest BCUT2D eigenvalue weighted by Crippen LogP contribution is -2.36. The van der Waals surface area contributed by atoms with Gasteiger partial charge in [0.2, 0.25) is 0 Å². The fourth-order valence-electron chi connectivity index (χ4n) is 1.93. The van der Waals surface area contributed by atoms with Gasteiger partial charge in [-0.3, -0.25) is 0 Å². The smallest absolute Gasteiger partial charge is 0.335 e. The zero-order valence-corrected chi connectivity index (χ0v) is 12.1. The molecule has 0 atom stereocenters. The van der Waals surface area contributed by atoms with E-state index in [-0.39, 0.29) is 11.6 Å². The van der Waals surface area contributed by atoms with Crippen LogP contribution in [0.4, 0.5) is 10.5 Å². The lowest BCUT2D eigenvalue weighted by Gasteiger charge is -2.21. The van der Waals surface area contributed by atoms with Crippen LogP contribution < -0.4 is 5.32 Å². The molecule has 1 aliphatic rings. The number of carbonyl (C=O) groups is 2. The zero-order valence-electron chi connectivity index (χ0n) is 10.5. The van der Waals surface area contributed by atoms with Crippen LogP contribution in [0.15, 0.2) is 22.7 Å². The third-order valence-electron chi connectivity index (χ3n) is 2.99. The Bertz CT molecular complexity index is 515. The number of amides is 2. The normalized spacial score (nSPS) is 14.0. The van der Waals surface area contributed by atoms with Crippen molar-refractivity contribution in [2.75, 3.05) is 11.9 Å². The fourth-order valence-corrected chi connectivity index (χ4v) is 2.43. The van der Waals surface area contributed by atoms with Crippen LogP contribution in [0.2, 0.25) is 0 Å². The largest absolute Gasteiger partial charge is 0.478 e. The Hall–Kier alpha value is -1.56. The molecular weight excluding hydrogens is 312 g/mol. The Labute approximate surface area is 119 Å². The second-order valence-corrected chi connectivity index (χ2v) is 5.40. The van der Waals surface area contributed by atoms with Crippen molar-refractivity contribution in [3.8, 4) is 0 Å². The molecule has 1 fully saturated rings. The predicted molar refractivity (Wildman–Crippen MR) is 75.5 cm³/mol. The van der Waals surface area contributed by atoms with Crippen molar-refractivity contribution in [3.05, 3.63) is 28.2 Å². The molecule has 2 rings (SSSR count). The van der Waals surface area contributed by atoms with E-state index >= 15 is 0 Å². The monoisotopic (exact) mass is 326 g/mol. The maximum atomic E-state index is 12.1. The van der Waals surface area contributed by atoms with Crippen molar-refractivity contribution in [2.45, 2.75) is 25.8 Å². The van der Waals surface area contributed by atoms with E-state index in [1.54, 1.807) is 11.0 Å². The lowest BCUT2D eigenvalue weighted by atomic mass is 10.2. The molecule has 0 spiro atoms. The maximum absolute atomic E-state index is 12.1. The van der Waals surface area contributed by atoms with Gasteiger partial charge in [-0.15, -0.1) is 0 Å². The van der Waals surface area contributed by atoms with Gasteiger partial charge in [0.15, 0.2) is 0 Å². The van der Waals surface area contributed by atoms with Gasteiger partial charge in [0.25, 0.3) is 0 Å². The molecule has 1 aliphatic carbocycles. The van der Waals surface area contributed by atoms with Crippen molar-refractivity contribution >= 4 is 33.6 Å². The molecule has 0 unspecified atom stereocenters. The molecule has 2 amide bonds. The number of rotatable bonds is 4. The molecule has 1 saturated carbocycles. The maximum Gasteiger partial charge on any atom is 0.335 e. The Morgan fingerprint density at radius 3 is 2.63 bits per heavy atom. The minimum absolute atomic E-state index is 0.138. The van der Waals surface area contributed by atoms with Crippen LogP contribution in [0.3, 0.4) is 0 Å². The average molecular weight is 327 g/mol. The molecule has 0 aliphatic heterocycles. The molecule has 0 saturated heterocycles. The number of carbonyl (C=O) groups excluding carboxylic acids is 1. The van der Waals surface area contributed by atoms with E-state index in [2.05, 4.69) is 21.2 Å². The summed E-state index contributed by atoms with van der Waals surface area (Å²) in [4.78, 5) is 24.8. The summed E-state index contributed by atoms with van der Waals surface area (Å²) in [6.45, 7) is 2.58. The summed E-state index contributed by atoms with van der Waals surface area (Å²) < 4.78 is 0.622. The lowest BCUT2D eigenvalue weighted by molar-refractivity contribution is 0.0696. The zero-order chi connectivity index (χ0) is 14.0. The first-order chi connectivity index (χ1) is 9.01. The molecule has 1 aromatic rings. The van der Waals surface area contributed by atoms with Gasteiger partial charge < -0.3 is 15.3 Å². The second kappa shape index (κ2) is 5.61. The van der Waals surface area contributed by atoms with Gasteiger partial charge in [0.05, 0.1) is 5.56 Å². The van der Waals surface area contributed by atoms with Gasteiger partial charge in [-0.25, -0.2) is 9.59 Å². The standard InChI is InChI=1S/C13H15BrN2O3/c1-2-16(11-3-4-11)13(19)15-10-6-8(12(17)18)5-9(14)7-10/h5-7,11H,2-4H2,1H3,(H,15,19)(H,17,18). The number of aromatic carboxylic acids is 1. The minimum Gasteiger partial charge on any atom is -0.478 e. The molecule has 6 heteroatoms. The number of urea groups is 1. The van der Waals surface area contributed by atoms with E-state index < -0.39 is 5.97 Å². The van der Waals surface area contributed by atoms with Crippen molar-refractivity contribution in [1.29, 1.82) is 0 Å². The molecule has 2 N–H and O–H groups in total. The third-order valence-corrected chi connectivity index (χ3v) is 3.44. The van der Waals surface area contributed by atoms with Gasteiger partial charge in [-0.1, -0.05) is 15.9 Å². The summed E-state index contributed by atoms with van der Waals surface area (Å²) >= 11 is 3.24. The number of anilines is 1. The van der Waals surface area contributed by atoms with E-state index in [1.165, 1.54) is 12.1 Å². The number of hydrogen-bond donors (Lipinski definition) is 2. The second-order valence-electron chi connectivity index (χ2n) is 4.48. The summed E-state index contributed by atoms with van der Waals surface area (Å²) in [6.07, 6.45) is 2.08. The number of nitrogens with zero attached hydrogens (tertiary/aromatic N) is 1. The van der Waals surface area contributed by atoms with Crippen molar-refractivity contribution in [1.82, 2.24) is 4.90 Å². The van der Waals surface area contributed by atoms with E-state index in [1.807, 2.05) is 6.92 Å². The molecule has 0 bridgehead atoms. The predicted octanol–water partition coefficient (Wildman–Crippen LogP) is 3.16. The average Bonchev–Trinajstić information content (AvgIpc) is 3.13. The van der Waals surface area contributed by atoms with Crippen molar-refractivity contribution < 1.29 is 14.7 Å².